The average Bonchev–Trinajstić information content (AvgIpc) is 2.85. The van der Waals surface area contributed by atoms with Gasteiger partial charge in [0.2, 0.25) is 0 Å². The van der Waals surface area contributed by atoms with Gasteiger partial charge in [0, 0.05) is 33.1 Å². The van der Waals surface area contributed by atoms with Crippen molar-refractivity contribution in [2.24, 2.45) is 4.99 Å². The van der Waals surface area contributed by atoms with Gasteiger partial charge >= 0.3 is 0 Å². The molecule has 4 nitrogen and oxygen atoms in total. The van der Waals surface area contributed by atoms with Gasteiger partial charge in [0.1, 0.15) is 5.76 Å². The van der Waals surface area contributed by atoms with Gasteiger partial charge in [0.25, 0.3) is 0 Å². The van der Waals surface area contributed by atoms with Crippen molar-refractivity contribution in [2.45, 2.75) is 26.7 Å². The van der Waals surface area contributed by atoms with E-state index in [0.717, 1.165) is 49.8 Å². The molecule has 0 aliphatic rings. The van der Waals surface area contributed by atoms with Gasteiger partial charge < -0.3 is 14.6 Å². The second kappa shape index (κ2) is 10.8. The van der Waals surface area contributed by atoms with E-state index in [1.54, 1.807) is 6.26 Å². The van der Waals surface area contributed by atoms with E-state index in [9.17, 15) is 0 Å². The third kappa shape index (κ3) is 7.57. The molecule has 0 aromatic carbocycles. The lowest BCUT2D eigenvalue weighted by Gasteiger charge is -2.22. The van der Waals surface area contributed by atoms with Crippen molar-refractivity contribution in [2.75, 3.05) is 26.7 Å². The highest BCUT2D eigenvalue weighted by atomic mass is 127. The van der Waals surface area contributed by atoms with Gasteiger partial charge in [0.15, 0.2) is 5.96 Å². The van der Waals surface area contributed by atoms with E-state index in [1.807, 2.05) is 26.1 Å². The van der Waals surface area contributed by atoms with Crippen LogP contribution in [0, 0.1) is 0 Å². The number of hydrogen-bond acceptors (Lipinski definition) is 2. The number of nitrogens with zero attached hydrogens (tertiary/aromatic N) is 2. The van der Waals surface area contributed by atoms with Crippen molar-refractivity contribution in [3.8, 4) is 0 Å². The lowest BCUT2D eigenvalue weighted by molar-refractivity contribution is 0.493. The first-order valence-electron chi connectivity index (χ1n) is 6.79. The summed E-state index contributed by atoms with van der Waals surface area (Å²) in [4.78, 5) is 6.67. The topological polar surface area (TPSA) is 40.8 Å². The van der Waals surface area contributed by atoms with Crippen LogP contribution >= 0.6 is 24.0 Å². The third-order valence-corrected chi connectivity index (χ3v) is 2.59. The lowest BCUT2D eigenvalue weighted by Crippen LogP contribution is -2.40. The molecule has 1 N–H and O–H groups in total. The summed E-state index contributed by atoms with van der Waals surface area (Å²) in [6.45, 7) is 10.6. The summed E-state index contributed by atoms with van der Waals surface area (Å²) in [6.07, 6.45) is 3.61. The number of rotatable bonds is 7. The van der Waals surface area contributed by atoms with Crippen molar-refractivity contribution >= 4 is 29.9 Å². The molecule has 1 aromatic rings. The van der Waals surface area contributed by atoms with Crippen LogP contribution in [0.1, 0.15) is 26.0 Å². The first-order valence-corrected chi connectivity index (χ1v) is 6.79. The molecule has 0 spiro atoms. The SMILES string of the molecule is C=C(C)CN(C)C(=NCCC)NCCc1ccco1.I. The quantitative estimate of drug-likeness (QED) is 0.336. The zero-order valence-electron chi connectivity index (χ0n) is 12.7. The molecule has 0 unspecified atom stereocenters. The lowest BCUT2D eigenvalue weighted by atomic mass is 10.3. The van der Waals surface area contributed by atoms with Crippen molar-refractivity contribution in [1.82, 2.24) is 10.2 Å². The van der Waals surface area contributed by atoms with Gasteiger partial charge in [0.05, 0.1) is 6.26 Å². The molecule has 20 heavy (non-hydrogen) atoms. The van der Waals surface area contributed by atoms with Crippen molar-refractivity contribution in [1.29, 1.82) is 0 Å². The molecule has 5 heteroatoms. The Balaban J connectivity index is 0.00000361. The molecule has 0 amide bonds. The predicted molar refractivity (Wildman–Crippen MR) is 95.9 cm³/mol. The fourth-order valence-corrected chi connectivity index (χ4v) is 1.76. The van der Waals surface area contributed by atoms with Crippen LogP contribution in [0.5, 0.6) is 0 Å². The smallest absolute Gasteiger partial charge is 0.193 e. The number of nitrogens with one attached hydrogen (secondary N) is 1. The van der Waals surface area contributed by atoms with Crippen LogP contribution in [0.25, 0.3) is 0 Å². The van der Waals surface area contributed by atoms with E-state index in [0.29, 0.717) is 0 Å². The second-order valence-corrected chi connectivity index (χ2v) is 4.77. The zero-order chi connectivity index (χ0) is 14.1. The van der Waals surface area contributed by atoms with Gasteiger partial charge in [-0.1, -0.05) is 19.1 Å². The molecule has 1 heterocycles. The molecule has 0 fully saturated rings. The van der Waals surface area contributed by atoms with E-state index in [-0.39, 0.29) is 24.0 Å². The molecule has 1 aromatic heterocycles. The molecule has 0 bridgehead atoms. The summed E-state index contributed by atoms with van der Waals surface area (Å²) in [5.74, 6) is 1.92. The van der Waals surface area contributed by atoms with Crippen LogP contribution in [-0.2, 0) is 6.42 Å². The molecule has 1 rings (SSSR count). The molecule has 0 saturated carbocycles. The maximum atomic E-state index is 5.31. The molecule has 0 aliphatic carbocycles. The Morgan fingerprint density at radius 2 is 2.25 bits per heavy atom. The van der Waals surface area contributed by atoms with E-state index < -0.39 is 0 Å². The Morgan fingerprint density at radius 1 is 1.50 bits per heavy atom. The van der Waals surface area contributed by atoms with Crippen LogP contribution in [0.3, 0.4) is 0 Å². The number of aliphatic imine (C=N–C) groups is 1. The van der Waals surface area contributed by atoms with Crippen molar-refractivity contribution in [3.05, 3.63) is 36.3 Å². The second-order valence-electron chi connectivity index (χ2n) is 4.77. The predicted octanol–water partition coefficient (Wildman–Crippen LogP) is 3.30. The summed E-state index contributed by atoms with van der Waals surface area (Å²) in [6, 6.07) is 3.90. The van der Waals surface area contributed by atoms with Gasteiger partial charge in [-0.05, 0) is 25.5 Å². The highest BCUT2D eigenvalue weighted by Crippen LogP contribution is 2.00. The summed E-state index contributed by atoms with van der Waals surface area (Å²) in [5, 5.41) is 3.37. The minimum absolute atomic E-state index is 0. The largest absolute Gasteiger partial charge is 0.469 e. The fraction of sp³-hybridized carbons (Fsp3) is 0.533. The molecule has 0 saturated heterocycles. The number of hydrogen-bond donors (Lipinski definition) is 1. The number of guanidine groups is 1. The van der Waals surface area contributed by atoms with Crippen LogP contribution in [0.15, 0.2) is 40.0 Å². The maximum absolute atomic E-state index is 5.31. The molecule has 114 valence electrons. The van der Waals surface area contributed by atoms with E-state index in [4.69, 9.17) is 4.42 Å². The third-order valence-electron chi connectivity index (χ3n) is 2.59. The van der Waals surface area contributed by atoms with Crippen LogP contribution in [0.4, 0.5) is 0 Å². The standard InChI is InChI=1S/C15H25N3O.HI/c1-5-9-16-15(18(4)12-13(2)3)17-10-8-14-7-6-11-19-14;/h6-7,11H,2,5,8-10,12H2,1,3-4H3,(H,16,17);1H. The summed E-state index contributed by atoms with van der Waals surface area (Å²) in [5.41, 5.74) is 1.12. The Hall–Kier alpha value is -0.980. The molecule has 0 atom stereocenters. The number of halogens is 1. The van der Waals surface area contributed by atoms with Gasteiger partial charge in [-0.15, -0.1) is 24.0 Å². The fourth-order valence-electron chi connectivity index (χ4n) is 1.76. The van der Waals surface area contributed by atoms with Crippen molar-refractivity contribution < 1.29 is 4.42 Å². The minimum Gasteiger partial charge on any atom is -0.469 e. The van der Waals surface area contributed by atoms with E-state index in [2.05, 4.69) is 28.7 Å². The molecular weight excluding hydrogens is 365 g/mol. The van der Waals surface area contributed by atoms with Crippen LogP contribution < -0.4 is 5.32 Å². The summed E-state index contributed by atoms with van der Waals surface area (Å²) in [7, 11) is 2.03. The monoisotopic (exact) mass is 391 g/mol. The van der Waals surface area contributed by atoms with Gasteiger partial charge in [-0.25, -0.2) is 0 Å². The first kappa shape index (κ1) is 19.0. The first-order chi connectivity index (χ1) is 9.13. The highest BCUT2D eigenvalue weighted by molar-refractivity contribution is 14.0. The minimum atomic E-state index is 0. The van der Waals surface area contributed by atoms with E-state index in [1.165, 1.54) is 0 Å². The maximum Gasteiger partial charge on any atom is 0.193 e. The number of furan rings is 1. The van der Waals surface area contributed by atoms with Crippen molar-refractivity contribution in [3.63, 3.8) is 0 Å². The Morgan fingerprint density at radius 3 is 2.80 bits per heavy atom. The van der Waals surface area contributed by atoms with Gasteiger partial charge in [-0.3, -0.25) is 4.99 Å². The Labute approximate surface area is 139 Å². The molecule has 0 radical (unpaired) electrons. The Kier molecular flexibility index (Phi) is 10.2. The summed E-state index contributed by atoms with van der Waals surface area (Å²) >= 11 is 0. The molecule has 0 aliphatic heterocycles. The summed E-state index contributed by atoms with van der Waals surface area (Å²) < 4.78 is 5.31. The zero-order valence-corrected chi connectivity index (χ0v) is 15.0. The van der Waals surface area contributed by atoms with Crippen LogP contribution in [-0.4, -0.2) is 37.5 Å². The number of likely N-dealkylation sites (N-methyl/N-ethyl adjacent to an activating group) is 1. The van der Waals surface area contributed by atoms with Gasteiger partial charge in [-0.2, -0.15) is 0 Å². The average molecular weight is 391 g/mol. The van der Waals surface area contributed by atoms with E-state index >= 15 is 0 Å². The highest BCUT2D eigenvalue weighted by Gasteiger charge is 2.06. The molecular formula is C15H26IN3O. The van der Waals surface area contributed by atoms with Crippen LogP contribution in [0.2, 0.25) is 0 Å². The normalized spacial score (nSPS) is 10.8. The Bertz CT molecular complexity index is 401.